The zero-order valence-corrected chi connectivity index (χ0v) is 15.4. The molecule has 1 N–H and O–H groups in total. The Bertz CT molecular complexity index is 535. The van der Waals surface area contributed by atoms with Gasteiger partial charge in [0.15, 0.2) is 0 Å². The number of carbonyl (C=O) groups excluding carboxylic acids is 1. The molecule has 1 aliphatic rings. The second kappa shape index (κ2) is 8.52. The average Bonchev–Trinajstić information content (AvgIpc) is 2.55. The van der Waals surface area contributed by atoms with Gasteiger partial charge in [-0.3, -0.25) is 4.79 Å². The summed E-state index contributed by atoms with van der Waals surface area (Å²) < 4.78 is 10.7. The Hall–Kier alpha value is -1.55. The number of methoxy groups -OCH3 is 1. The van der Waals surface area contributed by atoms with Crippen LogP contribution in [0.25, 0.3) is 0 Å². The highest BCUT2D eigenvalue weighted by atomic mass is 16.5. The molecule has 1 heterocycles. The van der Waals surface area contributed by atoms with Crippen LogP contribution < -0.4 is 10.1 Å². The third kappa shape index (κ3) is 5.52. The lowest BCUT2D eigenvalue weighted by Gasteiger charge is -2.32. The Morgan fingerprint density at radius 3 is 2.75 bits per heavy atom. The van der Waals surface area contributed by atoms with Crippen LogP contribution in [0.4, 0.5) is 0 Å². The number of nitrogens with one attached hydrogen (secondary N) is 1. The average molecular weight is 333 g/mol. The number of benzene rings is 1. The number of ether oxygens (including phenoxy) is 2. The molecule has 0 aromatic heterocycles. The summed E-state index contributed by atoms with van der Waals surface area (Å²) in [6.45, 7) is 7.82. The monoisotopic (exact) mass is 333 g/mol. The van der Waals surface area contributed by atoms with Crippen LogP contribution in [0, 0.1) is 11.3 Å². The summed E-state index contributed by atoms with van der Waals surface area (Å²) in [6.07, 6.45) is 3.86. The van der Waals surface area contributed by atoms with Crippen LogP contribution in [0.2, 0.25) is 0 Å². The molecular formula is C20H31NO3. The van der Waals surface area contributed by atoms with Crippen molar-refractivity contribution >= 4 is 5.91 Å². The summed E-state index contributed by atoms with van der Waals surface area (Å²) in [7, 11) is 1.67. The van der Waals surface area contributed by atoms with Crippen molar-refractivity contribution in [2.24, 2.45) is 11.3 Å². The van der Waals surface area contributed by atoms with Gasteiger partial charge in [-0.25, -0.2) is 0 Å². The second-order valence-corrected chi connectivity index (χ2v) is 7.57. The minimum atomic E-state index is -0.343. The molecule has 24 heavy (non-hydrogen) atoms. The van der Waals surface area contributed by atoms with Gasteiger partial charge in [0.1, 0.15) is 5.75 Å². The van der Waals surface area contributed by atoms with E-state index in [1.54, 1.807) is 7.11 Å². The molecule has 0 bridgehead atoms. The van der Waals surface area contributed by atoms with Crippen LogP contribution in [-0.4, -0.2) is 32.3 Å². The third-order valence-electron chi connectivity index (χ3n) is 4.81. The maximum atomic E-state index is 12.7. The van der Waals surface area contributed by atoms with E-state index in [-0.39, 0.29) is 17.4 Å². The second-order valence-electron chi connectivity index (χ2n) is 7.57. The van der Waals surface area contributed by atoms with E-state index in [4.69, 9.17) is 9.47 Å². The van der Waals surface area contributed by atoms with E-state index in [0.717, 1.165) is 44.6 Å². The van der Waals surface area contributed by atoms with Crippen molar-refractivity contribution in [3.8, 4) is 5.75 Å². The molecule has 1 atom stereocenters. The SMILES string of the molecule is COc1cccc(C[C@H](C)NC(=O)C(C)(C)CC2CCOCC2)c1. The minimum absolute atomic E-state index is 0.0959. The van der Waals surface area contributed by atoms with Gasteiger partial charge in [0.2, 0.25) is 5.91 Å². The molecular weight excluding hydrogens is 302 g/mol. The maximum Gasteiger partial charge on any atom is 0.225 e. The quantitative estimate of drug-likeness (QED) is 0.829. The highest BCUT2D eigenvalue weighted by Crippen LogP contribution is 2.31. The smallest absolute Gasteiger partial charge is 0.225 e. The van der Waals surface area contributed by atoms with E-state index >= 15 is 0 Å². The highest BCUT2D eigenvalue weighted by Gasteiger charge is 2.32. The molecule has 4 nitrogen and oxygen atoms in total. The largest absolute Gasteiger partial charge is 0.497 e. The molecule has 1 fully saturated rings. The van der Waals surface area contributed by atoms with Gasteiger partial charge in [-0.1, -0.05) is 26.0 Å². The summed E-state index contributed by atoms with van der Waals surface area (Å²) in [5.41, 5.74) is 0.828. The zero-order valence-electron chi connectivity index (χ0n) is 15.4. The molecule has 4 heteroatoms. The van der Waals surface area contributed by atoms with Gasteiger partial charge in [-0.15, -0.1) is 0 Å². The van der Waals surface area contributed by atoms with Crippen molar-refractivity contribution in [2.75, 3.05) is 20.3 Å². The van der Waals surface area contributed by atoms with Gasteiger partial charge in [0.05, 0.1) is 7.11 Å². The van der Waals surface area contributed by atoms with Crippen molar-refractivity contribution in [1.29, 1.82) is 0 Å². The molecule has 1 amide bonds. The van der Waals surface area contributed by atoms with Gasteiger partial charge in [0, 0.05) is 24.7 Å². The predicted octanol–water partition coefficient (Wildman–Crippen LogP) is 3.59. The lowest BCUT2D eigenvalue weighted by atomic mass is 9.79. The van der Waals surface area contributed by atoms with E-state index in [9.17, 15) is 4.79 Å². The van der Waals surface area contributed by atoms with E-state index < -0.39 is 0 Å². The summed E-state index contributed by atoms with van der Waals surface area (Å²) in [4.78, 5) is 12.7. The molecule has 1 saturated heterocycles. The Balaban J connectivity index is 1.86. The van der Waals surface area contributed by atoms with Crippen LogP contribution in [0.5, 0.6) is 5.75 Å². The van der Waals surface area contributed by atoms with Crippen molar-refractivity contribution < 1.29 is 14.3 Å². The molecule has 0 unspecified atom stereocenters. The first-order chi connectivity index (χ1) is 11.4. The molecule has 0 radical (unpaired) electrons. The first-order valence-electron chi connectivity index (χ1n) is 8.92. The molecule has 0 spiro atoms. The zero-order chi connectivity index (χ0) is 17.6. The van der Waals surface area contributed by atoms with Gasteiger partial charge in [-0.05, 0) is 56.2 Å². The van der Waals surface area contributed by atoms with Gasteiger partial charge >= 0.3 is 0 Å². The lowest BCUT2D eigenvalue weighted by molar-refractivity contribution is -0.131. The van der Waals surface area contributed by atoms with E-state index in [0.29, 0.717) is 5.92 Å². The molecule has 1 aromatic rings. The molecule has 2 rings (SSSR count). The molecule has 1 aromatic carbocycles. The Kier molecular flexibility index (Phi) is 6.67. The summed E-state index contributed by atoms with van der Waals surface area (Å²) in [5.74, 6) is 1.59. The number of amides is 1. The van der Waals surface area contributed by atoms with Gasteiger partial charge in [0.25, 0.3) is 0 Å². The normalized spacial score (nSPS) is 17.3. The van der Waals surface area contributed by atoms with Crippen molar-refractivity contribution in [2.45, 2.75) is 52.5 Å². The molecule has 0 saturated carbocycles. The minimum Gasteiger partial charge on any atom is -0.497 e. The number of hydrogen-bond acceptors (Lipinski definition) is 3. The lowest BCUT2D eigenvalue weighted by Crippen LogP contribution is -2.43. The molecule has 0 aliphatic carbocycles. The Morgan fingerprint density at radius 1 is 1.38 bits per heavy atom. The number of carbonyl (C=O) groups is 1. The topological polar surface area (TPSA) is 47.6 Å². The van der Waals surface area contributed by atoms with E-state index in [1.165, 1.54) is 5.56 Å². The van der Waals surface area contributed by atoms with E-state index in [1.807, 2.05) is 18.2 Å². The highest BCUT2D eigenvalue weighted by molar-refractivity contribution is 5.82. The summed E-state index contributed by atoms with van der Waals surface area (Å²) in [5, 5.41) is 3.18. The number of hydrogen-bond donors (Lipinski definition) is 1. The fourth-order valence-electron chi connectivity index (χ4n) is 3.39. The van der Waals surface area contributed by atoms with Crippen molar-refractivity contribution in [3.05, 3.63) is 29.8 Å². The van der Waals surface area contributed by atoms with Crippen molar-refractivity contribution in [1.82, 2.24) is 5.32 Å². The number of rotatable bonds is 7. The van der Waals surface area contributed by atoms with Gasteiger partial charge in [-0.2, -0.15) is 0 Å². The van der Waals surface area contributed by atoms with Crippen LogP contribution in [0.3, 0.4) is 0 Å². The molecule has 1 aliphatic heterocycles. The first-order valence-corrected chi connectivity index (χ1v) is 8.92. The Labute approximate surface area is 145 Å². The van der Waals surface area contributed by atoms with Crippen LogP contribution >= 0.6 is 0 Å². The van der Waals surface area contributed by atoms with Crippen LogP contribution in [-0.2, 0) is 16.0 Å². The van der Waals surface area contributed by atoms with Crippen LogP contribution in [0.1, 0.15) is 45.6 Å². The van der Waals surface area contributed by atoms with Crippen LogP contribution in [0.15, 0.2) is 24.3 Å². The third-order valence-corrected chi connectivity index (χ3v) is 4.81. The fourth-order valence-corrected chi connectivity index (χ4v) is 3.39. The van der Waals surface area contributed by atoms with Gasteiger partial charge < -0.3 is 14.8 Å². The van der Waals surface area contributed by atoms with Crippen molar-refractivity contribution in [3.63, 3.8) is 0 Å². The predicted molar refractivity (Wildman–Crippen MR) is 96.2 cm³/mol. The fraction of sp³-hybridized carbons (Fsp3) is 0.650. The Morgan fingerprint density at radius 2 is 2.08 bits per heavy atom. The standard InChI is InChI=1S/C20H31NO3/c1-15(12-17-6-5-7-18(13-17)23-4)21-19(22)20(2,3)14-16-8-10-24-11-9-16/h5-7,13,15-16H,8-12,14H2,1-4H3,(H,21,22)/t15-/m0/s1. The summed E-state index contributed by atoms with van der Waals surface area (Å²) in [6, 6.07) is 8.11. The summed E-state index contributed by atoms with van der Waals surface area (Å²) >= 11 is 0. The first kappa shape index (κ1) is 18.8. The molecule has 134 valence electrons. The van der Waals surface area contributed by atoms with E-state index in [2.05, 4.69) is 32.2 Å². The maximum absolute atomic E-state index is 12.7.